The van der Waals surface area contributed by atoms with Crippen molar-refractivity contribution in [3.63, 3.8) is 0 Å². The van der Waals surface area contributed by atoms with Crippen LogP contribution in [0.15, 0.2) is 18.2 Å². The van der Waals surface area contributed by atoms with E-state index in [1.165, 1.54) is 25.3 Å². The summed E-state index contributed by atoms with van der Waals surface area (Å²) in [5.74, 6) is -0.364. The fraction of sp³-hybridized carbons (Fsp3) is 0.650. The predicted octanol–water partition coefficient (Wildman–Crippen LogP) is 3.24. The third-order valence-electron chi connectivity index (χ3n) is 5.42. The Labute approximate surface area is 149 Å². The predicted molar refractivity (Wildman–Crippen MR) is 96.3 cm³/mol. The highest BCUT2D eigenvalue weighted by molar-refractivity contribution is 5.94. The molecule has 1 aromatic rings. The van der Waals surface area contributed by atoms with Gasteiger partial charge in [0.25, 0.3) is 5.91 Å². The normalized spacial score (nSPS) is 19.8. The van der Waals surface area contributed by atoms with Crippen LogP contribution < -0.4 is 0 Å². The Morgan fingerprint density at radius 1 is 1.24 bits per heavy atom. The van der Waals surface area contributed by atoms with E-state index in [2.05, 4.69) is 4.90 Å². The molecule has 5 heteroatoms. The molecule has 0 radical (unpaired) electrons. The Bertz CT molecular complexity index is 581. The minimum Gasteiger partial charge on any atom is -0.381 e. The highest BCUT2D eigenvalue weighted by Crippen LogP contribution is 2.19. The van der Waals surface area contributed by atoms with Gasteiger partial charge in [-0.2, -0.15) is 0 Å². The van der Waals surface area contributed by atoms with Gasteiger partial charge < -0.3 is 14.5 Å². The molecule has 138 valence electrons. The maximum atomic E-state index is 13.9. The highest BCUT2D eigenvalue weighted by atomic mass is 19.1. The molecule has 0 bridgehead atoms. The van der Waals surface area contributed by atoms with Crippen LogP contribution in [0.4, 0.5) is 4.39 Å². The van der Waals surface area contributed by atoms with Crippen LogP contribution in [-0.2, 0) is 4.74 Å². The largest absolute Gasteiger partial charge is 0.381 e. The molecule has 0 aromatic heterocycles. The fourth-order valence-electron chi connectivity index (χ4n) is 3.77. The lowest BCUT2D eigenvalue weighted by molar-refractivity contribution is 0.0258. The Hall–Kier alpha value is -1.46. The van der Waals surface area contributed by atoms with Crippen molar-refractivity contribution in [2.75, 3.05) is 39.4 Å². The van der Waals surface area contributed by atoms with Gasteiger partial charge >= 0.3 is 0 Å². The van der Waals surface area contributed by atoms with Gasteiger partial charge in [0, 0.05) is 37.9 Å². The maximum absolute atomic E-state index is 13.9. The molecule has 25 heavy (non-hydrogen) atoms. The molecule has 2 heterocycles. The van der Waals surface area contributed by atoms with Gasteiger partial charge in [-0.1, -0.05) is 12.5 Å². The summed E-state index contributed by atoms with van der Waals surface area (Å²) in [7, 11) is 0. The van der Waals surface area contributed by atoms with Crippen LogP contribution in [0.25, 0.3) is 0 Å². The molecule has 0 unspecified atom stereocenters. The molecule has 2 aliphatic rings. The molecular formula is C20H29FN2O2. The SMILES string of the molecule is Cc1ccc(C(=O)N(CCN2CCCCC2)C2CCOCC2)cc1F. The minimum absolute atomic E-state index is 0.0530. The van der Waals surface area contributed by atoms with Crippen LogP contribution >= 0.6 is 0 Å². The van der Waals surface area contributed by atoms with Crippen LogP contribution in [0.1, 0.15) is 48.0 Å². The van der Waals surface area contributed by atoms with Crippen LogP contribution in [-0.4, -0.2) is 61.1 Å². The van der Waals surface area contributed by atoms with Crippen molar-refractivity contribution in [3.05, 3.63) is 35.1 Å². The molecule has 2 saturated heterocycles. The smallest absolute Gasteiger partial charge is 0.254 e. The van der Waals surface area contributed by atoms with E-state index in [0.29, 0.717) is 30.9 Å². The summed E-state index contributed by atoms with van der Waals surface area (Å²) < 4.78 is 19.4. The zero-order valence-corrected chi connectivity index (χ0v) is 15.2. The molecule has 0 spiro atoms. The van der Waals surface area contributed by atoms with Gasteiger partial charge in [-0.15, -0.1) is 0 Å². The number of piperidine rings is 1. The number of aryl methyl sites for hydroxylation is 1. The Morgan fingerprint density at radius 2 is 1.96 bits per heavy atom. The zero-order valence-electron chi connectivity index (χ0n) is 15.2. The first-order chi connectivity index (χ1) is 12.1. The molecular weight excluding hydrogens is 319 g/mol. The number of amides is 1. The third kappa shape index (κ3) is 4.79. The number of rotatable bonds is 5. The van der Waals surface area contributed by atoms with E-state index in [-0.39, 0.29) is 17.8 Å². The standard InChI is InChI=1S/C20H29FN2O2/c1-16-5-6-17(15-19(16)21)20(24)23(18-7-13-25-14-8-18)12-11-22-9-3-2-4-10-22/h5-6,15,18H,2-4,7-14H2,1H3. The Kier molecular flexibility index (Phi) is 6.43. The second-order valence-electron chi connectivity index (χ2n) is 7.21. The summed E-state index contributed by atoms with van der Waals surface area (Å²) >= 11 is 0. The number of carbonyl (C=O) groups is 1. The first kappa shape index (κ1) is 18.3. The lowest BCUT2D eigenvalue weighted by atomic mass is 10.0. The highest BCUT2D eigenvalue weighted by Gasteiger charge is 2.27. The molecule has 2 aliphatic heterocycles. The van der Waals surface area contributed by atoms with E-state index in [1.807, 2.05) is 4.90 Å². The maximum Gasteiger partial charge on any atom is 0.254 e. The average Bonchev–Trinajstić information content (AvgIpc) is 2.66. The van der Waals surface area contributed by atoms with E-state index >= 15 is 0 Å². The van der Waals surface area contributed by atoms with E-state index in [0.717, 1.165) is 32.5 Å². The number of likely N-dealkylation sites (tertiary alicyclic amines) is 1. The lowest BCUT2D eigenvalue weighted by Gasteiger charge is -2.36. The van der Waals surface area contributed by atoms with Crippen molar-refractivity contribution in [3.8, 4) is 0 Å². The van der Waals surface area contributed by atoms with E-state index in [4.69, 9.17) is 4.74 Å². The quantitative estimate of drug-likeness (QED) is 0.819. The van der Waals surface area contributed by atoms with Crippen LogP contribution in [0.5, 0.6) is 0 Å². The summed E-state index contributed by atoms with van der Waals surface area (Å²) in [4.78, 5) is 17.5. The summed E-state index contributed by atoms with van der Waals surface area (Å²) in [6, 6.07) is 5.00. The molecule has 0 atom stereocenters. The van der Waals surface area contributed by atoms with Gasteiger partial charge in [0.2, 0.25) is 0 Å². The van der Waals surface area contributed by atoms with Gasteiger partial charge in [0.05, 0.1) is 0 Å². The van der Waals surface area contributed by atoms with Gasteiger partial charge in [-0.05, 0) is 63.4 Å². The third-order valence-corrected chi connectivity index (χ3v) is 5.42. The molecule has 0 saturated carbocycles. The van der Waals surface area contributed by atoms with Crippen LogP contribution in [0.3, 0.4) is 0 Å². The first-order valence-electron chi connectivity index (χ1n) is 9.52. The molecule has 1 aromatic carbocycles. The fourth-order valence-corrected chi connectivity index (χ4v) is 3.77. The number of benzene rings is 1. The van der Waals surface area contributed by atoms with Gasteiger partial charge in [-0.3, -0.25) is 4.79 Å². The molecule has 0 aliphatic carbocycles. The van der Waals surface area contributed by atoms with Gasteiger partial charge in [-0.25, -0.2) is 4.39 Å². The number of nitrogens with zero attached hydrogens (tertiary/aromatic N) is 2. The van der Waals surface area contributed by atoms with Gasteiger partial charge in [0.15, 0.2) is 0 Å². The van der Waals surface area contributed by atoms with Crippen molar-refractivity contribution in [2.24, 2.45) is 0 Å². The summed E-state index contributed by atoms with van der Waals surface area (Å²) in [6.07, 6.45) is 5.52. The summed E-state index contributed by atoms with van der Waals surface area (Å²) in [5, 5.41) is 0. The first-order valence-corrected chi connectivity index (χ1v) is 9.52. The second kappa shape index (κ2) is 8.77. The summed E-state index contributed by atoms with van der Waals surface area (Å²) in [5.41, 5.74) is 1.02. The molecule has 3 rings (SSSR count). The number of ether oxygens (including phenoxy) is 1. The van der Waals surface area contributed by atoms with E-state index in [1.54, 1.807) is 19.1 Å². The molecule has 0 N–H and O–H groups in total. The van der Waals surface area contributed by atoms with E-state index < -0.39 is 0 Å². The van der Waals surface area contributed by atoms with Crippen molar-refractivity contribution in [2.45, 2.75) is 45.1 Å². The average molecular weight is 348 g/mol. The topological polar surface area (TPSA) is 32.8 Å². The minimum atomic E-state index is -0.311. The van der Waals surface area contributed by atoms with Crippen molar-refractivity contribution in [1.82, 2.24) is 9.80 Å². The zero-order chi connectivity index (χ0) is 17.6. The number of carbonyl (C=O) groups excluding carboxylic acids is 1. The number of halogens is 1. The van der Waals surface area contributed by atoms with E-state index in [9.17, 15) is 9.18 Å². The summed E-state index contributed by atoms with van der Waals surface area (Å²) in [6.45, 7) is 6.96. The number of hydrogen-bond acceptors (Lipinski definition) is 3. The van der Waals surface area contributed by atoms with Crippen LogP contribution in [0, 0.1) is 12.7 Å². The van der Waals surface area contributed by atoms with Crippen molar-refractivity contribution >= 4 is 5.91 Å². The second-order valence-corrected chi connectivity index (χ2v) is 7.21. The monoisotopic (exact) mass is 348 g/mol. The van der Waals surface area contributed by atoms with Crippen LogP contribution in [0.2, 0.25) is 0 Å². The Balaban J connectivity index is 1.71. The van der Waals surface area contributed by atoms with Gasteiger partial charge in [0.1, 0.15) is 5.82 Å². The lowest BCUT2D eigenvalue weighted by Crippen LogP contribution is -2.47. The number of hydrogen-bond donors (Lipinski definition) is 0. The Morgan fingerprint density at radius 3 is 2.64 bits per heavy atom. The molecule has 2 fully saturated rings. The molecule has 4 nitrogen and oxygen atoms in total. The molecule has 1 amide bonds. The van der Waals surface area contributed by atoms with Crippen molar-refractivity contribution in [1.29, 1.82) is 0 Å². The van der Waals surface area contributed by atoms with Crippen molar-refractivity contribution < 1.29 is 13.9 Å².